The molecule has 0 amide bonds. The molecule has 98 valence electrons. The third-order valence-corrected chi connectivity index (χ3v) is 4.80. The van der Waals surface area contributed by atoms with Crippen molar-refractivity contribution in [1.29, 1.82) is 0 Å². The largest absolute Gasteiger partial charge is 0.493 e. The van der Waals surface area contributed by atoms with Crippen molar-refractivity contribution in [2.75, 3.05) is 26.2 Å². The van der Waals surface area contributed by atoms with Gasteiger partial charge in [0.15, 0.2) is 0 Å². The average Bonchev–Trinajstić information content (AvgIpc) is 2.78. The quantitative estimate of drug-likeness (QED) is 0.762. The minimum atomic E-state index is 0.302. The van der Waals surface area contributed by atoms with E-state index in [9.17, 15) is 0 Å². The van der Waals surface area contributed by atoms with E-state index >= 15 is 0 Å². The zero-order chi connectivity index (χ0) is 12.5. The lowest BCUT2D eigenvalue weighted by Gasteiger charge is -2.35. The molecule has 2 nitrogen and oxygen atoms in total. The number of hydrogen-bond acceptors (Lipinski definition) is 2. The molecule has 0 spiro atoms. The van der Waals surface area contributed by atoms with Crippen molar-refractivity contribution in [3.8, 4) is 5.75 Å². The predicted molar refractivity (Wildman–Crippen MR) is 74.5 cm³/mol. The smallest absolute Gasteiger partial charge is 0.122 e. The Bertz CT molecular complexity index is 423. The van der Waals surface area contributed by atoms with Crippen LogP contribution < -0.4 is 4.74 Å². The van der Waals surface area contributed by atoms with Crippen LogP contribution in [0, 0.1) is 5.92 Å². The fraction of sp³-hybridized carbons (Fsp3) is 0.600. The number of benzene rings is 1. The Morgan fingerprint density at radius 3 is 3.06 bits per heavy atom. The summed E-state index contributed by atoms with van der Waals surface area (Å²) in [6.45, 7) is 6.33. The van der Waals surface area contributed by atoms with E-state index in [-0.39, 0.29) is 0 Å². The molecule has 2 heterocycles. The third kappa shape index (κ3) is 2.36. The molecule has 0 radical (unpaired) electrons. The summed E-state index contributed by atoms with van der Waals surface area (Å²) >= 11 is 6.37. The molecule has 2 aliphatic heterocycles. The van der Waals surface area contributed by atoms with Crippen LogP contribution in [0.5, 0.6) is 5.75 Å². The Hall–Kier alpha value is -0.730. The Morgan fingerprint density at radius 1 is 1.39 bits per heavy atom. The standard InChI is InChI=1S/C15H20ClNO/c1-11-6-7-17(9-14(11)16)8-12-10-18-15-5-3-2-4-13(12)15/h2-5,11-12,14H,6-10H2,1H3. The molecule has 0 saturated carbocycles. The van der Waals surface area contributed by atoms with Gasteiger partial charge < -0.3 is 9.64 Å². The molecule has 18 heavy (non-hydrogen) atoms. The van der Waals surface area contributed by atoms with E-state index < -0.39 is 0 Å². The number of para-hydroxylation sites is 1. The van der Waals surface area contributed by atoms with Crippen LogP contribution in [0.25, 0.3) is 0 Å². The van der Waals surface area contributed by atoms with E-state index in [0.717, 1.165) is 25.4 Å². The van der Waals surface area contributed by atoms with Gasteiger partial charge in [-0.2, -0.15) is 0 Å². The Balaban J connectivity index is 1.65. The number of fused-ring (bicyclic) bond motifs is 1. The topological polar surface area (TPSA) is 12.5 Å². The molecule has 1 saturated heterocycles. The Morgan fingerprint density at radius 2 is 2.22 bits per heavy atom. The third-order valence-electron chi connectivity index (χ3n) is 4.23. The fourth-order valence-corrected chi connectivity index (χ4v) is 3.26. The average molecular weight is 266 g/mol. The summed E-state index contributed by atoms with van der Waals surface area (Å²) in [5.41, 5.74) is 1.36. The van der Waals surface area contributed by atoms with E-state index in [1.54, 1.807) is 0 Å². The van der Waals surface area contributed by atoms with Crippen LogP contribution in [-0.4, -0.2) is 36.5 Å². The maximum atomic E-state index is 6.37. The Labute approximate surface area is 114 Å². The molecule has 3 unspecified atom stereocenters. The van der Waals surface area contributed by atoms with Crippen LogP contribution in [0.1, 0.15) is 24.8 Å². The predicted octanol–water partition coefficient (Wildman–Crippen LogP) is 3.11. The van der Waals surface area contributed by atoms with Crippen molar-refractivity contribution < 1.29 is 4.74 Å². The highest BCUT2D eigenvalue weighted by atomic mass is 35.5. The van der Waals surface area contributed by atoms with Gasteiger partial charge in [0.05, 0.1) is 6.61 Å². The number of ether oxygens (including phenoxy) is 1. The Kier molecular flexibility index (Phi) is 3.49. The first-order valence-corrected chi connectivity index (χ1v) is 7.26. The normalized spacial score (nSPS) is 32.0. The van der Waals surface area contributed by atoms with E-state index in [1.807, 2.05) is 6.07 Å². The summed E-state index contributed by atoms with van der Waals surface area (Å²) < 4.78 is 5.74. The van der Waals surface area contributed by atoms with Crippen LogP contribution in [0.2, 0.25) is 0 Å². The number of nitrogens with zero attached hydrogens (tertiary/aromatic N) is 1. The SMILES string of the molecule is CC1CCN(CC2COc3ccccc32)CC1Cl. The van der Waals surface area contributed by atoms with Crippen LogP contribution in [-0.2, 0) is 0 Å². The lowest BCUT2D eigenvalue weighted by molar-refractivity contribution is 0.177. The highest BCUT2D eigenvalue weighted by Gasteiger charge is 2.29. The first kappa shape index (κ1) is 12.3. The lowest BCUT2D eigenvalue weighted by atomic mass is 9.95. The van der Waals surface area contributed by atoms with Gasteiger partial charge in [-0.15, -0.1) is 11.6 Å². The maximum absolute atomic E-state index is 6.37. The van der Waals surface area contributed by atoms with E-state index in [0.29, 0.717) is 17.2 Å². The van der Waals surface area contributed by atoms with Crippen molar-refractivity contribution in [3.05, 3.63) is 29.8 Å². The van der Waals surface area contributed by atoms with Crippen molar-refractivity contribution in [1.82, 2.24) is 4.90 Å². The van der Waals surface area contributed by atoms with Gasteiger partial charge in [0.2, 0.25) is 0 Å². The molecule has 2 aliphatic rings. The summed E-state index contributed by atoms with van der Waals surface area (Å²) in [5.74, 6) is 2.23. The number of halogens is 1. The highest BCUT2D eigenvalue weighted by molar-refractivity contribution is 6.21. The van der Waals surface area contributed by atoms with Crippen molar-refractivity contribution in [3.63, 3.8) is 0 Å². The van der Waals surface area contributed by atoms with Gasteiger partial charge in [-0.05, 0) is 24.9 Å². The summed E-state index contributed by atoms with van der Waals surface area (Å²) in [6, 6.07) is 8.40. The second kappa shape index (κ2) is 5.10. The highest BCUT2D eigenvalue weighted by Crippen LogP contribution is 2.34. The second-order valence-electron chi connectivity index (χ2n) is 5.59. The molecule has 1 fully saturated rings. The zero-order valence-corrected chi connectivity index (χ0v) is 11.6. The summed E-state index contributed by atoms with van der Waals surface area (Å²) in [6.07, 6.45) is 1.21. The molecule has 0 bridgehead atoms. The maximum Gasteiger partial charge on any atom is 0.122 e. The molecule has 0 aliphatic carbocycles. The molecular weight excluding hydrogens is 246 g/mol. The number of piperidine rings is 1. The summed E-state index contributed by atoms with van der Waals surface area (Å²) in [4.78, 5) is 2.49. The number of rotatable bonds is 2. The van der Waals surface area contributed by atoms with Gasteiger partial charge in [0.25, 0.3) is 0 Å². The molecule has 0 aromatic heterocycles. The molecule has 3 heteroatoms. The molecular formula is C15H20ClNO. The minimum Gasteiger partial charge on any atom is -0.493 e. The molecule has 3 rings (SSSR count). The number of likely N-dealkylation sites (tertiary alicyclic amines) is 1. The van der Waals surface area contributed by atoms with Crippen LogP contribution in [0.4, 0.5) is 0 Å². The van der Waals surface area contributed by atoms with Crippen molar-refractivity contribution >= 4 is 11.6 Å². The van der Waals surface area contributed by atoms with E-state index in [4.69, 9.17) is 16.3 Å². The van der Waals surface area contributed by atoms with Gasteiger partial charge in [-0.1, -0.05) is 25.1 Å². The lowest BCUT2D eigenvalue weighted by Crippen LogP contribution is -2.42. The number of alkyl halides is 1. The summed E-state index contributed by atoms with van der Waals surface area (Å²) in [5, 5.41) is 0.302. The van der Waals surface area contributed by atoms with Crippen LogP contribution in [0.15, 0.2) is 24.3 Å². The molecule has 3 atom stereocenters. The fourth-order valence-electron chi connectivity index (χ4n) is 2.94. The van der Waals surface area contributed by atoms with Crippen LogP contribution >= 0.6 is 11.6 Å². The van der Waals surface area contributed by atoms with Gasteiger partial charge in [-0.3, -0.25) is 0 Å². The van der Waals surface area contributed by atoms with Crippen molar-refractivity contribution in [2.24, 2.45) is 5.92 Å². The van der Waals surface area contributed by atoms with Gasteiger partial charge in [0, 0.05) is 29.9 Å². The second-order valence-corrected chi connectivity index (χ2v) is 6.15. The monoisotopic (exact) mass is 265 g/mol. The molecule has 1 aromatic carbocycles. The van der Waals surface area contributed by atoms with Gasteiger partial charge in [-0.25, -0.2) is 0 Å². The minimum absolute atomic E-state index is 0.302. The number of hydrogen-bond donors (Lipinski definition) is 0. The van der Waals surface area contributed by atoms with Gasteiger partial charge in [0.1, 0.15) is 5.75 Å². The zero-order valence-electron chi connectivity index (χ0n) is 10.8. The van der Waals surface area contributed by atoms with Crippen LogP contribution in [0.3, 0.4) is 0 Å². The first-order valence-electron chi connectivity index (χ1n) is 6.82. The summed E-state index contributed by atoms with van der Waals surface area (Å²) in [7, 11) is 0. The first-order chi connectivity index (χ1) is 8.74. The molecule has 1 aromatic rings. The van der Waals surface area contributed by atoms with E-state index in [2.05, 4.69) is 30.0 Å². The van der Waals surface area contributed by atoms with Crippen molar-refractivity contribution in [2.45, 2.75) is 24.6 Å². The molecule has 0 N–H and O–H groups in total. The van der Waals surface area contributed by atoms with Gasteiger partial charge >= 0.3 is 0 Å². The van der Waals surface area contributed by atoms with E-state index in [1.165, 1.54) is 18.5 Å².